The zero-order valence-electron chi connectivity index (χ0n) is 12.2. The lowest BCUT2D eigenvalue weighted by atomic mass is 10.2. The largest absolute Gasteiger partial charge is 0.398 e. The van der Waals surface area contributed by atoms with Crippen molar-refractivity contribution in [3.05, 3.63) is 35.9 Å². The quantitative estimate of drug-likeness (QED) is 0.400. The van der Waals surface area contributed by atoms with E-state index < -0.39 is 29.1 Å². The third kappa shape index (κ3) is 4.39. The van der Waals surface area contributed by atoms with Crippen LogP contribution in [0.3, 0.4) is 0 Å². The molecule has 140 valence electrons. The zero-order chi connectivity index (χ0) is 19.8. The second-order valence-corrected chi connectivity index (χ2v) is 6.27. The van der Waals surface area contributed by atoms with Gasteiger partial charge in [0, 0.05) is 4.90 Å². The molecule has 2 rings (SSSR count). The molecule has 13 heteroatoms. The Hall–Kier alpha value is -2.00. The molecular formula is C13H6ClF7N4S. The van der Waals surface area contributed by atoms with Gasteiger partial charge in [-0.3, -0.25) is 0 Å². The molecule has 26 heavy (non-hydrogen) atoms. The SMILES string of the molecule is N#Cc1ccc(-n2cnc(C(F)(F)C(F)(F)Cl)n2)cc1SCC(F)(F)F. The third-order valence-corrected chi connectivity index (χ3v) is 4.23. The highest BCUT2D eigenvalue weighted by Crippen LogP contribution is 2.44. The van der Waals surface area contributed by atoms with Gasteiger partial charge in [-0.1, -0.05) is 0 Å². The van der Waals surface area contributed by atoms with Gasteiger partial charge in [0.15, 0.2) is 0 Å². The van der Waals surface area contributed by atoms with E-state index >= 15 is 0 Å². The molecule has 0 atom stereocenters. The van der Waals surface area contributed by atoms with Crippen LogP contribution in [0.15, 0.2) is 29.4 Å². The van der Waals surface area contributed by atoms with Crippen molar-refractivity contribution < 1.29 is 30.7 Å². The summed E-state index contributed by atoms with van der Waals surface area (Å²) in [5.41, 5.74) is -0.137. The number of alkyl halides is 8. The van der Waals surface area contributed by atoms with Crippen molar-refractivity contribution in [3.8, 4) is 11.8 Å². The minimum absolute atomic E-state index is 0.0545. The molecule has 0 unspecified atom stereocenters. The van der Waals surface area contributed by atoms with Gasteiger partial charge >= 0.3 is 17.5 Å². The maximum absolute atomic E-state index is 13.4. The van der Waals surface area contributed by atoms with Crippen LogP contribution < -0.4 is 0 Å². The van der Waals surface area contributed by atoms with Gasteiger partial charge in [-0.05, 0) is 29.8 Å². The van der Waals surface area contributed by atoms with E-state index in [-0.39, 0.29) is 16.1 Å². The standard InChI is InChI=1S/C13H6ClF7N4S/c14-13(20,21)12(18,19)10-23-6-25(24-10)8-2-1-7(4-22)9(3-8)26-5-11(15,16)17/h1-3,6H,5H2. The highest BCUT2D eigenvalue weighted by molar-refractivity contribution is 7.99. The molecule has 0 aliphatic carbocycles. The van der Waals surface area contributed by atoms with Crippen LogP contribution in [0.4, 0.5) is 30.7 Å². The summed E-state index contributed by atoms with van der Waals surface area (Å²) in [6.07, 6.45) is -3.83. The molecule has 2 aromatic rings. The predicted molar refractivity (Wildman–Crippen MR) is 77.5 cm³/mol. The van der Waals surface area contributed by atoms with Crippen LogP contribution in [0.25, 0.3) is 5.69 Å². The summed E-state index contributed by atoms with van der Waals surface area (Å²) in [5.74, 6) is -7.71. The maximum Gasteiger partial charge on any atom is 0.398 e. The molecule has 0 radical (unpaired) electrons. The Labute approximate surface area is 150 Å². The second kappa shape index (κ2) is 6.96. The summed E-state index contributed by atoms with van der Waals surface area (Å²) in [5, 5.41) is 7.20. The molecule has 0 fully saturated rings. The van der Waals surface area contributed by atoms with Crippen LogP contribution in [0.1, 0.15) is 11.4 Å². The summed E-state index contributed by atoms with van der Waals surface area (Å²) in [4.78, 5) is 2.98. The first-order chi connectivity index (χ1) is 11.8. The van der Waals surface area contributed by atoms with Crippen molar-refractivity contribution in [3.63, 3.8) is 0 Å². The number of benzene rings is 1. The Balaban J connectivity index is 2.37. The predicted octanol–water partition coefficient (Wildman–Crippen LogP) is 4.72. The second-order valence-electron chi connectivity index (χ2n) is 4.78. The highest BCUT2D eigenvalue weighted by atomic mass is 35.5. The molecule has 0 amide bonds. The van der Waals surface area contributed by atoms with Crippen molar-refractivity contribution in [2.75, 3.05) is 5.75 Å². The Bertz CT molecular complexity index is 838. The summed E-state index contributed by atoms with van der Waals surface area (Å²) < 4.78 is 90.1. The normalized spacial score (nSPS) is 12.9. The van der Waals surface area contributed by atoms with Gasteiger partial charge in [-0.2, -0.15) is 36.0 Å². The number of rotatable bonds is 5. The maximum atomic E-state index is 13.4. The van der Waals surface area contributed by atoms with Gasteiger partial charge in [-0.25, -0.2) is 9.67 Å². The Kier molecular flexibility index (Phi) is 5.44. The Morgan fingerprint density at radius 2 is 1.81 bits per heavy atom. The molecule has 1 heterocycles. The highest BCUT2D eigenvalue weighted by Gasteiger charge is 2.59. The van der Waals surface area contributed by atoms with Crippen LogP contribution in [-0.2, 0) is 5.92 Å². The average molecular weight is 419 g/mol. The van der Waals surface area contributed by atoms with E-state index in [9.17, 15) is 30.7 Å². The van der Waals surface area contributed by atoms with Gasteiger partial charge < -0.3 is 0 Å². The molecule has 0 aliphatic rings. The van der Waals surface area contributed by atoms with Crippen LogP contribution in [0, 0.1) is 11.3 Å². The van der Waals surface area contributed by atoms with Crippen LogP contribution in [-0.4, -0.2) is 32.1 Å². The smallest absolute Gasteiger partial charge is 0.221 e. The summed E-state index contributed by atoms with van der Waals surface area (Å²) in [6, 6.07) is 5.09. The lowest BCUT2D eigenvalue weighted by molar-refractivity contribution is -0.169. The van der Waals surface area contributed by atoms with Crippen LogP contribution >= 0.6 is 23.4 Å². The third-order valence-electron chi connectivity index (χ3n) is 2.87. The van der Waals surface area contributed by atoms with Gasteiger partial charge in [0.2, 0.25) is 5.82 Å². The number of aromatic nitrogens is 3. The van der Waals surface area contributed by atoms with Crippen molar-refractivity contribution in [2.45, 2.75) is 22.4 Å². The number of thioether (sulfide) groups is 1. The average Bonchev–Trinajstić information content (AvgIpc) is 3.01. The van der Waals surface area contributed by atoms with Crippen LogP contribution in [0.2, 0.25) is 0 Å². The minimum atomic E-state index is -4.93. The number of hydrogen-bond donors (Lipinski definition) is 0. The Morgan fingerprint density at radius 1 is 1.15 bits per heavy atom. The van der Waals surface area contributed by atoms with Gasteiger partial charge in [-0.15, -0.1) is 16.9 Å². The van der Waals surface area contributed by atoms with E-state index in [0.717, 1.165) is 12.1 Å². The molecule has 1 aromatic carbocycles. The fraction of sp³-hybridized carbons (Fsp3) is 0.308. The summed E-state index contributed by atoms with van der Waals surface area (Å²) in [7, 11) is 0. The molecule has 0 aliphatic heterocycles. The first-order valence-corrected chi connectivity index (χ1v) is 7.82. The van der Waals surface area contributed by atoms with Gasteiger partial charge in [0.05, 0.1) is 17.0 Å². The van der Waals surface area contributed by atoms with E-state index in [0.29, 0.717) is 22.8 Å². The Morgan fingerprint density at radius 3 is 2.35 bits per heavy atom. The van der Waals surface area contributed by atoms with Crippen molar-refractivity contribution in [2.24, 2.45) is 0 Å². The molecule has 4 nitrogen and oxygen atoms in total. The van der Waals surface area contributed by atoms with Crippen molar-refractivity contribution >= 4 is 23.4 Å². The molecule has 0 bridgehead atoms. The molecule has 0 N–H and O–H groups in total. The van der Waals surface area contributed by atoms with E-state index in [1.165, 1.54) is 6.07 Å². The lowest BCUT2D eigenvalue weighted by Crippen LogP contribution is -2.34. The van der Waals surface area contributed by atoms with E-state index in [2.05, 4.69) is 21.7 Å². The minimum Gasteiger partial charge on any atom is -0.221 e. The van der Waals surface area contributed by atoms with Crippen LogP contribution in [0.5, 0.6) is 0 Å². The van der Waals surface area contributed by atoms with E-state index in [1.807, 2.05) is 0 Å². The molecule has 0 saturated carbocycles. The number of nitriles is 1. The van der Waals surface area contributed by atoms with E-state index in [1.54, 1.807) is 6.07 Å². The molecule has 0 saturated heterocycles. The monoisotopic (exact) mass is 418 g/mol. The lowest BCUT2D eigenvalue weighted by Gasteiger charge is -2.17. The molecule has 0 spiro atoms. The van der Waals surface area contributed by atoms with Crippen molar-refractivity contribution in [1.29, 1.82) is 5.26 Å². The number of halogens is 8. The van der Waals surface area contributed by atoms with Crippen molar-refractivity contribution in [1.82, 2.24) is 14.8 Å². The number of nitrogens with zero attached hydrogens (tertiary/aromatic N) is 4. The fourth-order valence-corrected chi connectivity index (χ4v) is 2.56. The number of hydrogen-bond acceptors (Lipinski definition) is 4. The van der Waals surface area contributed by atoms with E-state index in [4.69, 9.17) is 5.26 Å². The molecular weight excluding hydrogens is 413 g/mol. The summed E-state index contributed by atoms with van der Waals surface area (Å²) in [6.45, 7) is 0. The summed E-state index contributed by atoms with van der Waals surface area (Å²) >= 11 is 4.65. The zero-order valence-corrected chi connectivity index (χ0v) is 13.8. The first kappa shape index (κ1) is 20.3. The topological polar surface area (TPSA) is 54.5 Å². The first-order valence-electron chi connectivity index (χ1n) is 6.46. The molecule has 1 aromatic heterocycles. The van der Waals surface area contributed by atoms with Gasteiger partial charge in [0.1, 0.15) is 12.4 Å². The van der Waals surface area contributed by atoms with Gasteiger partial charge in [0.25, 0.3) is 0 Å². The fourth-order valence-electron chi connectivity index (χ4n) is 1.68.